The molecule has 0 aromatic carbocycles. The molecule has 4 N–H and O–H groups in total. The summed E-state index contributed by atoms with van der Waals surface area (Å²) in [6.07, 6.45) is 1.37. The van der Waals surface area contributed by atoms with Crippen LogP contribution in [0.25, 0.3) is 0 Å². The van der Waals surface area contributed by atoms with Gasteiger partial charge in [0, 0.05) is 13.1 Å². The number of nitrogen functional groups attached to an aromatic ring is 1. The minimum absolute atomic E-state index is 0.144. The summed E-state index contributed by atoms with van der Waals surface area (Å²) in [6.45, 7) is 2.67. The molecule has 0 aliphatic carbocycles. The van der Waals surface area contributed by atoms with Gasteiger partial charge in [-0.05, 0) is 7.05 Å². The predicted octanol–water partition coefficient (Wildman–Crippen LogP) is -1.22. The molecule has 2 rings (SSSR count). The number of aromatic nitrogens is 2. The van der Waals surface area contributed by atoms with E-state index < -0.39 is 0 Å². The minimum Gasteiger partial charge on any atom is -0.391 e. The van der Waals surface area contributed by atoms with Gasteiger partial charge in [-0.15, -0.1) is 0 Å². The number of anilines is 2. The van der Waals surface area contributed by atoms with Gasteiger partial charge in [-0.2, -0.15) is 0 Å². The van der Waals surface area contributed by atoms with E-state index in [1.165, 1.54) is 6.33 Å². The Morgan fingerprint density at radius 1 is 1.76 bits per heavy atom. The third-order valence-electron chi connectivity index (χ3n) is 2.81. The Labute approximate surface area is 99.0 Å². The first-order chi connectivity index (χ1) is 8.24. The van der Waals surface area contributed by atoms with E-state index in [-0.39, 0.29) is 17.3 Å². The highest BCUT2D eigenvalue weighted by Crippen LogP contribution is 2.20. The fourth-order valence-corrected chi connectivity index (χ4v) is 1.97. The smallest absolute Gasteiger partial charge is 0.276 e. The van der Waals surface area contributed by atoms with Crippen LogP contribution in [0.4, 0.5) is 11.5 Å². The van der Waals surface area contributed by atoms with Crippen LogP contribution in [0.3, 0.4) is 0 Å². The van der Waals surface area contributed by atoms with E-state index in [1.54, 1.807) is 0 Å². The SMILES string of the molecule is CNCC1COCCN1c1nc[nH]c(=O)c1N. The zero-order chi connectivity index (χ0) is 12.3. The molecular formula is C10H17N5O2. The van der Waals surface area contributed by atoms with Crippen molar-refractivity contribution in [1.82, 2.24) is 15.3 Å². The van der Waals surface area contributed by atoms with Gasteiger partial charge in [-0.1, -0.05) is 0 Å². The zero-order valence-electron chi connectivity index (χ0n) is 9.77. The van der Waals surface area contributed by atoms with E-state index >= 15 is 0 Å². The molecule has 1 aliphatic rings. The Morgan fingerprint density at radius 3 is 3.35 bits per heavy atom. The molecule has 1 atom stereocenters. The first kappa shape index (κ1) is 11.9. The average molecular weight is 239 g/mol. The fourth-order valence-electron chi connectivity index (χ4n) is 1.97. The third kappa shape index (κ3) is 2.40. The first-order valence-corrected chi connectivity index (χ1v) is 5.56. The molecule has 7 nitrogen and oxygen atoms in total. The first-order valence-electron chi connectivity index (χ1n) is 5.56. The van der Waals surface area contributed by atoms with Crippen LogP contribution in [0, 0.1) is 0 Å². The maximum Gasteiger partial charge on any atom is 0.276 e. The van der Waals surface area contributed by atoms with Crippen molar-refractivity contribution in [2.45, 2.75) is 6.04 Å². The summed E-state index contributed by atoms with van der Waals surface area (Å²) in [7, 11) is 1.88. The molecular weight excluding hydrogens is 222 g/mol. The summed E-state index contributed by atoms with van der Waals surface area (Å²) in [4.78, 5) is 20.1. The molecule has 0 saturated carbocycles. The monoisotopic (exact) mass is 239 g/mol. The van der Waals surface area contributed by atoms with Crippen LogP contribution in [0.2, 0.25) is 0 Å². The number of hydrogen-bond donors (Lipinski definition) is 3. The largest absolute Gasteiger partial charge is 0.391 e. The van der Waals surface area contributed by atoms with Crippen molar-refractivity contribution in [3.8, 4) is 0 Å². The highest BCUT2D eigenvalue weighted by atomic mass is 16.5. The van der Waals surface area contributed by atoms with Crippen molar-refractivity contribution in [2.24, 2.45) is 0 Å². The number of rotatable bonds is 3. The second-order valence-electron chi connectivity index (χ2n) is 3.95. The van der Waals surface area contributed by atoms with Crippen LogP contribution in [-0.4, -0.2) is 49.4 Å². The van der Waals surface area contributed by atoms with Crippen LogP contribution in [0.5, 0.6) is 0 Å². The molecule has 7 heteroatoms. The lowest BCUT2D eigenvalue weighted by Crippen LogP contribution is -2.51. The minimum atomic E-state index is -0.301. The van der Waals surface area contributed by atoms with Crippen molar-refractivity contribution in [3.05, 3.63) is 16.7 Å². The van der Waals surface area contributed by atoms with Crippen LogP contribution in [-0.2, 0) is 4.74 Å². The molecule has 0 spiro atoms. The van der Waals surface area contributed by atoms with Crippen molar-refractivity contribution >= 4 is 11.5 Å². The highest BCUT2D eigenvalue weighted by Gasteiger charge is 2.25. The Balaban J connectivity index is 2.29. The zero-order valence-corrected chi connectivity index (χ0v) is 9.77. The molecule has 0 radical (unpaired) electrons. The maximum absolute atomic E-state index is 11.5. The van der Waals surface area contributed by atoms with Gasteiger partial charge in [0.25, 0.3) is 5.56 Å². The number of hydrogen-bond acceptors (Lipinski definition) is 6. The van der Waals surface area contributed by atoms with Gasteiger partial charge in [0.1, 0.15) is 5.69 Å². The molecule has 1 unspecified atom stereocenters. The number of morpholine rings is 1. The number of nitrogens with zero attached hydrogens (tertiary/aromatic N) is 2. The van der Waals surface area contributed by atoms with Crippen molar-refractivity contribution < 1.29 is 4.74 Å². The second kappa shape index (κ2) is 5.15. The van der Waals surface area contributed by atoms with E-state index in [0.717, 1.165) is 6.54 Å². The topological polar surface area (TPSA) is 96.3 Å². The van der Waals surface area contributed by atoms with Crippen molar-refractivity contribution in [1.29, 1.82) is 0 Å². The van der Waals surface area contributed by atoms with Crippen LogP contribution in [0.1, 0.15) is 0 Å². The lowest BCUT2D eigenvalue weighted by atomic mass is 10.2. The van der Waals surface area contributed by atoms with E-state index in [9.17, 15) is 4.79 Å². The number of aromatic amines is 1. The number of H-pyrrole nitrogens is 1. The Morgan fingerprint density at radius 2 is 2.59 bits per heavy atom. The lowest BCUT2D eigenvalue weighted by molar-refractivity contribution is 0.0940. The summed E-state index contributed by atoms with van der Waals surface area (Å²) in [5, 5.41) is 3.10. The Hall–Kier alpha value is -1.60. The van der Waals surface area contributed by atoms with Gasteiger partial charge in [0.2, 0.25) is 0 Å². The molecule has 94 valence electrons. The molecule has 1 aliphatic heterocycles. The van der Waals surface area contributed by atoms with Crippen LogP contribution in [0.15, 0.2) is 11.1 Å². The summed E-state index contributed by atoms with van der Waals surface area (Å²) >= 11 is 0. The Kier molecular flexibility index (Phi) is 3.60. The van der Waals surface area contributed by atoms with Gasteiger partial charge in [0.05, 0.1) is 25.6 Å². The summed E-state index contributed by atoms with van der Waals surface area (Å²) < 4.78 is 5.42. The van der Waals surface area contributed by atoms with Gasteiger partial charge in [-0.3, -0.25) is 4.79 Å². The Bertz CT molecular complexity index is 431. The number of nitrogens with one attached hydrogen (secondary N) is 2. The predicted molar refractivity (Wildman–Crippen MR) is 65.1 cm³/mol. The van der Waals surface area contributed by atoms with Gasteiger partial charge < -0.3 is 25.7 Å². The summed E-state index contributed by atoms with van der Waals surface area (Å²) in [6, 6.07) is 0.144. The van der Waals surface area contributed by atoms with E-state index in [0.29, 0.717) is 25.6 Å². The number of nitrogens with two attached hydrogens (primary N) is 1. The van der Waals surface area contributed by atoms with E-state index in [2.05, 4.69) is 15.3 Å². The van der Waals surface area contributed by atoms with Gasteiger partial charge in [0.15, 0.2) is 5.82 Å². The molecule has 1 fully saturated rings. The normalized spacial score (nSPS) is 20.5. The van der Waals surface area contributed by atoms with Crippen molar-refractivity contribution in [2.75, 3.05) is 44.0 Å². The summed E-state index contributed by atoms with van der Waals surface area (Å²) in [5.41, 5.74) is 5.62. The molecule has 0 amide bonds. The molecule has 1 aromatic heterocycles. The lowest BCUT2D eigenvalue weighted by Gasteiger charge is -2.36. The highest BCUT2D eigenvalue weighted by molar-refractivity contribution is 5.61. The van der Waals surface area contributed by atoms with Crippen molar-refractivity contribution in [3.63, 3.8) is 0 Å². The quantitative estimate of drug-likeness (QED) is 0.611. The standard InChI is InChI=1S/C10H17N5O2/c1-12-4-7-5-17-3-2-15(7)9-8(11)10(16)14-6-13-9/h6-7,12H,2-5,11H2,1H3,(H,13,14,16). The average Bonchev–Trinajstić information content (AvgIpc) is 2.34. The fraction of sp³-hybridized carbons (Fsp3) is 0.600. The van der Waals surface area contributed by atoms with E-state index in [4.69, 9.17) is 10.5 Å². The van der Waals surface area contributed by atoms with Crippen LogP contribution >= 0.6 is 0 Å². The number of ether oxygens (including phenoxy) is 1. The molecule has 17 heavy (non-hydrogen) atoms. The molecule has 1 saturated heterocycles. The van der Waals surface area contributed by atoms with Gasteiger partial charge in [-0.25, -0.2) is 4.98 Å². The van der Waals surface area contributed by atoms with E-state index in [1.807, 2.05) is 11.9 Å². The van der Waals surface area contributed by atoms with Gasteiger partial charge >= 0.3 is 0 Å². The van der Waals surface area contributed by atoms with Crippen LogP contribution < -0.4 is 21.5 Å². The number of likely N-dealkylation sites (N-methyl/N-ethyl adjacent to an activating group) is 1. The molecule has 0 bridgehead atoms. The maximum atomic E-state index is 11.5. The molecule has 1 aromatic rings. The summed E-state index contributed by atoms with van der Waals surface area (Å²) in [5.74, 6) is 0.539. The third-order valence-corrected chi connectivity index (χ3v) is 2.81. The second-order valence-corrected chi connectivity index (χ2v) is 3.95. The molecule has 2 heterocycles.